The number of anilines is 1. The van der Waals surface area contributed by atoms with Crippen molar-refractivity contribution < 1.29 is 14.0 Å². The molecule has 0 fully saturated rings. The second kappa shape index (κ2) is 8.49. The Morgan fingerprint density at radius 3 is 2.40 bits per heavy atom. The molecule has 1 aromatic heterocycles. The van der Waals surface area contributed by atoms with E-state index < -0.39 is 5.91 Å². The van der Waals surface area contributed by atoms with Gasteiger partial charge in [0.25, 0.3) is 11.8 Å². The molecule has 0 aliphatic rings. The normalized spacial score (nSPS) is 11.3. The van der Waals surface area contributed by atoms with Crippen LogP contribution >= 0.6 is 0 Å². The molecule has 0 spiro atoms. The van der Waals surface area contributed by atoms with E-state index >= 15 is 0 Å². The van der Waals surface area contributed by atoms with Gasteiger partial charge in [-0.1, -0.05) is 54.1 Å². The third kappa shape index (κ3) is 4.31. The second-order valence-electron chi connectivity index (χ2n) is 6.87. The van der Waals surface area contributed by atoms with E-state index in [9.17, 15) is 9.59 Å². The lowest BCUT2D eigenvalue weighted by molar-refractivity contribution is -0.113. The van der Waals surface area contributed by atoms with E-state index in [0.29, 0.717) is 17.0 Å². The molecule has 0 saturated carbocycles. The van der Waals surface area contributed by atoms with Crippen molar-refractivity contribution in [1.82, 2.24) is 5.32 Å². The predicted octanol–water partition coefficient (Wildman–Crippen LogP) is 5.15. The molecule has 0 aliphatic carbocycles. The van der Waals surface area contributed by atoms with Crippen LogP contribution < -0.4 is 10.6 Å². The van der Waals surface area contributed by atoms with Crippen molar-refractivity contribution >= 4 is 34.4 Å². The Balaban J connectivity index is 1.63. The van der Waals surface area contributed by atoms with Crippen LogP contribution in [0.1, 0.15) is 21.7 Å². The highest BCUT2D eigenvalue weighted by molar-refractivity contribution is 6.13. The minimum absolute atomic E-state index is 0.0865. The molecule has 5 nitrogen and oxygen atoms in total. The number of furan rings is 1. The Morgan fingerprint density at radius 1 is 0.867 bits per heavy atom. The number of carbonyl (C=O) groups is 2. The molecular weight excluding hydrogens is 376 g/mol. The monoisotopic (exact) mass is 396 g/mol. The van der Waals surface area contributed by atoms with Crippen molar-refractivity contribution in [3.8, 4) is 0 Å². The first kappa shape index (κ1) is 19.2. The second-order valence-corrected chi connectivity index (χ2v) is 6.87. The smallest absolute Gasteiger partial charge is 0.272 e. The fourth-order valence-electron chi connectivity index (χ4n) is 3.10. The number of aryl methyl sites for hydroxylation is 1. The van der Waals surface area contributed by atoms with E-state index in [1.54, 1.807) is 24.3 Å². The van der Waals surface area contributed by atoms with Crippen molar-refractivity contribution in [2.75, 3.05) is 5.32 Å². The van der Waals surface area contributed by atoms with Crippen LogP contribution in [0, 0.1) is 6.92 Å². The Bertz CT molecular complexity index is 1220. The Morgan fingerprint density at radius 2 is 1.63 bits per heavy atom. The summed E-state index contributed by atoms with van der Waals surface area (Å²) in [6, 6.07) is 24.0. The maximum Gasteiger partial charge on any atom is 0.272 e. The standard InChI is InChI=1S/C25H20N2O3/c1-17-11-13-19(14-12-17)24(28)27-23(16-20-8-5-15-30-20)25(29)26-22-10-4-7-18-6-2-3-9-21(18)22/h2-16H,1H3,(H,26,29)(H,27,28)/b23-16-. The van der Waals surface area contributed by atoms with Crippen LogP contribution in [0.15, 0.2) is 95.2 Å². The van der Waals surface area contributed by atoms with Crippen LogP contribution in [0.25, 0.3) is 16.8 Å². The van der Waals surface area contributed by atoms with Gasteiger partial charge in [0.15, 0.2) is 0 Å². The average Bonchev–Trinajstić information content (AvgIpc) is 3.27. The van der Waals surface area contributed by atoms with Crippen LogP contribution in [-0.2, 0) is 4.79 Å². The van der Waals surface area contributed by atoms with E-state index in [0.717, 1.165) is 16.3 Å². The van der Waals surface area contributed by atoms with Crippen molar-refractivity contribution in [2.24, 2.45) is 0 Å². The van der Waals surface area contributed by atoms with Gasteiger partial charge >= 0.3 is 0 Å². The molecular formula is C25H20N2O3. The number of benzene rings is 3. The largest absolute Gasteiger partial charge is 0.465 e. The third-order valence-corrected chi connectivity index (χ3v) is 4.67. The molecule has 0 atom stereocenters. The number of hydrogen-bond acceptors (Lipinski definition) is 3. The Kier molecular flexibility index (Phi) is 5.44. The summed E-state index contributed by atoms with van der Waals surface area (Å²) >= 11 is 0. The maximum atomic E-state index is 13.1. The van der Waals surface area contributed by atoms with Crippen molar-refractivity contribution in [3.05, 3.63) is 108 Å². The summed E-state index contributed by atoms with van der Waals surface area (Å²) in [6.07, 6.45) is 3.01. The van der Waals surface area contributed by atoms with Crippen LogP contribution in [0.3, 0.4) is 0 Å². The molecule has 0 bridgehead atoms. The minimum Gasteiger partial charge on any atom is -0.465 e. The fraction of sp³-hybridized carbons (Fsp3) is 0.0400. The van der Waals surface area contributed by atoms with Gasteiger partial charge in [0.1, 0.15) is 11.5 Å². The van der Waals surface area contributed by atoms with E-state index in [-0.39, 0.29) is 11.6 Å². The topological polar surface area (TPSA) is 71.3 Å². The predicted molar refractivity (Wildman–Crippen MR) is 118 cm³/mol. The first-order chi connectivity index (χ1) is 14.6. The number of rotatable bonds is 5. The SMILES string of the molecule is Cc1ccc(C(=O)N/C(=C\c2ccco2)C(=O)Nc2cccc3ccccc23)cc1. The van der Waals surface area contributed by atoms with Gasteiger partial charge in [0.05, 0.1) is 6.26 Å². The van der Waals surface area contributed by atoms with Crippen molar-refractivity contribution in [1.29, 1.82) is 0 Å². The maximum absolute atomic E-state index is 13.1. The molecule has 0 aliphatic heterocycles. The first-order valence-corrected chi connectivity index (χ1v) is 9.52. The highest BCUT2D eigenvalue weighted by atomic mass is 16.3. The summed E-state index contributed by atoms with van der Waals surface area (Å²) in [4.78, 5) is 25.8. The quantitative estimate of drug-likeness (QED) is 0.458. The number of amides is 2. The molecule has 0 unspecified atom stereocenters. The highest BCUT2D eigenvalue weighted by Crippen LogP contribution is 2.23. The number of nitrogens with one attached hydrogen (secondary N) is 2. The van der Waals surface area contributed by atoms with Crippen LogP contribution in [0.2, 0.25) is 0 Å². The number of carbonyl (C=O) groups excluding carboxylic acids is 2. The summed E-state index contributed by atoms with van der Waals surface area (Å²) in [5.74, 6) is -0.355. The average molecular weight is 396 g/mol. The van der Waals surface area contributed by atoms with Gasteiger partial charge in [-0.2, -0.15) is 0 Å². The zero-order valence-corrected chi connectivity index (χ0v) is 16.4. The third-order valence-electron chi connectivity index (χ3n) is 4.67. The number of hydrogen-bond donors (Lipinski definition) is 2. The number of fused-ring (bicyclic) bond motifs is 1. The van der Waals surface area contributed by atoms with Gasteiger partial charge in [0.2, 0.25) is 0 Å². The van der Waals surface area contributed by atoms with Gasteiger partial charge in [-0.05, 0) is 42.6 Å². The van der Waals surface area contributed by atoms with Gasteiger partial charge in [0, 0.05) is 22.7 Å². The molecule has 2 amide bonds. The zero-order valence-electron chi connectivity index (χ0n) is 16.4. The molecule has 1 heterocycles. The summed E-state index contributed by atoms with van der Waals surface area (Å²) < 4.78 is 5.33. The summed E-state index contributed by atoms with van der Waals surface area (Å²) in [5.41, 5.74) is 2.26. The van der Waals surface area contributed by atoms with E-state index in [2.05, 4.69) is 10.6 Å². The molecule has 4 rings (SSSR count). The van der Waals surface area contributed by atoms with Gasteiger partial charge < -0.3 is 15.1 Å². The van der Waals surface area contributed by atoms with E-state index in [4.69, 9.17) is 4.42 Å². The van der Waals surface area contributed by atoms with Gasteiger partial charge in [-0.15, -0.1) is 0 Å². The molecule has 2 N–H and O–H groups in total. The fourth-order valence-corrected chi connectivity index (χ4v) is 3.10. The molecule has 30 heavy (non-hydrogen) atoms. The molecule has 5 heteroatoms. The molecule has 0 saturated heterocycles. The molecule has 3 aromatic carbocycles. The Labute approximate surface area is 174 Å². The van der Waals surface area contributed by atoms with Crippen molar-refractivity contribution in [2.45, 2.75) is 6.92 Å². The van der Waals surface area contributed by atoms with Crippen LogP contribution in [-0.4, -0.2) is 11.8 Å². The lowest BCUT2D eigenvalue weighted by Crippen LogP contribution is -2.30. The Hall–Kier alpha value is -4.12. The van der Waals surface area contributed by atoms with Crippen LogP contribution in [0.4, 0.5) is 5.69 Å². The molecule has 0 radical (unpaired) electrons. The van der Waals surface area contributed by atoms with Crippen molar-refractivity contribution in [3.63, 3.8) is 0 Å². The lowest BCUT2D eigenvalue weighted by atomic mass is 10.1. The van der Waals surface area contributed by atoms with Gasteiger partial charge in [-0.25, -0.2) is 0 Å². The summed E-state index contributed by atoms with van der Waals surface area (Å²) in [7, 11) is 0. The van der Waals surface area contributed by atoms with E-state index in [1.807, 2.05) is 61.5 Å². The minimum atomic E-state index is -0.441. The first-order valence-electron chi connectivity index (χ1n) is 9.52. The summed E-state index contributed by atoms with van der Waals surface area (Å²) in [6.45, 7) is 1.95. The van der Waals surface area contributed by atoms with Gasteiger partial charge in [-0.3, -0.25) is 9.59 Å². The summed E-state index contributed by atoms with van der Waals surface area (Å²) in [5, 5.41) is 7.53. The molecule has 4 aromatic rings. The van der Waals surface area contributed by atoms with Crippen LogP contribution in [0.5, 0.6) is 0 Å². The zero-order chi connectivity index (χ0) is 20.9. The lowest BCUT2D eigenvalue weighted by Gasteiger charge is -2.12. The van der Waals surface area contributed by atoms with E-state index in [1.165, 1.54) is 12.3 Å². The highest BCUT2D eigenvalue weighted by Gasteiger charge is 2.16. The molecule has 148 valence electrons.